The largest absolute Gasteiger partial charge is 0.573 e. The van der Waals surface area contributed by atoms with Crippen LogP contribution < -0.4 is 9.47 Å². The first kappa shape index (κ1) is 29.5. The molecule has 0 spiro atoms. The lowest BCUT2D eigenvalue weighted by molar-refractivity contribution is -0.275. The Labute approximate surface area is 230 Å². The van der Waals surface area contributed by atoms with Crippen molar-refractivity contribution in [3.8, 4) is 11.5 Å². The van der Waals surface area contributed by atoms with E-state index in [4.69, 9.17) is 5.11 Å². The van der Waals surface area contributed by atoms with Crippen LogP contribution in [0.15, 0.2) is 84.6 Å². The molecule has 3 aromatic carbocycles. The van der Waals surface area contributed by atoms with E-state index in [1.807, 2.05) is 0 Å². The number of allylic oxidation sites excluding steroid dienone is 3. The highest BCUT2D eigenvalue weighted by atomic mass is 19.4. The molecule has 0 fully saturated rings. The highest BCUT2D eigenvalue weighted by Crippen LogP contribution is 2.42. The summed E-state index contributed by atoms with van der Waals surface area (Å²) in [5.74, 6) is -2.25. The van der Waals surface area contributed by atoms with Gasteiger partial charge in [0, 0.05) is 34.5 Å². The molecule has 0 saturated carbocycles. The molecule has 3 aromatic rings. The fourth-order valence-corrected chi connectivity index (χ4v) is 4.51. The predicted octanol–water partition coefficient (Wildman–Crippen LogP) is 6.87. The molecule has 2 N–H and O–H groups in total. The van der Waals surface area contributed by atoms with Crippen LogP contribution in [0.3, 0.4) is 0 Å². The molecular formula is C29H23F6NO5. The van der Waals surface area contributed by atoms with Gasteiger partial charge in [-0.3, -0.25) is 0 Å². The number of hydrogen-bond donors (Lipinski definition) is 2. The lowest BCUT2D eigenvalue weighted by Crippen LogP contribution is -2.39. The van der Waals surface area contributed by atoms with Crippen LogP contribution in [0.1, 0.15) is 34.0 Å². The van der Waals surface area contributed by atoms with Gasteiger partial charge in [0.2, 0.25) is 0 Å². The molecule has 0 bridgehead atoms. The van der Waals surface area contributed by atoms with Crippen LogP contribution in [0.25, 0.3) is 11.1 Å². The Balaban J connectivity index is 1.81. The normalized spacial score (nSPS) is 16.0. The lowest BCUT2D eigenvalue weighted by Gasteiger charge is -2.38. The first-order valence-electron chi connectivity index (χ1n) is 12.1. The number of carboxylic acid groups (broad SMARTS) is 1. The van der Waals surface area contributed by atoms with Crippen molar-refractivity contribution in [2.45, 2.75) is 32.3 Å². The van der Waals surface area contributed by atoms with Crippen LogP contribution in [0.5, 0.6) is 11.5 Å². The number of nitrogens with zero attached hydrogens (tertiary/aromatic N) is 1. The number of ether oxygens (including phenoxy) is 2. The van der Waals surface area contributed by atoms with Crippen molar-refractivity contribution >= 4 is 17.1 Å². The van der Waals surface area contributed by atoms with Gasteiger partial charge in [-0.05, 0) is 49.2 Å². The van der Waals surface area contributed by atoms with E-state index in [1.54, 1.807) is 19.1 Å². The molecule has 1 heterocycles. The van der Waals surface area contributed by atoms with Crippen molar-refractivity contribution in [2.24, 2.45) is 0 Å². The van der Waals surface area contributed by atoms with Crippen molar-refractivity contribution in [3.05, 3.63) is 107 Å². The topological polar surface area (TPSA) is 79.2 Å². The number of para-hydroxylation sites is 2. The third-order valence-corrected chi connectivity index (χ3v) is 6.36. The van der Waals surface area contributed by atoms with E-state index in [9.17, 15) is 36.2 Å². The molecule has 0 aromatic heterocycles. The number of rotatable bonds is 8. The van der Waals surface area contributed by atoms with Gasteiger partial charge >= 0.3 is 18.7 Å². The maximum atomic E-state index is 13.2. The summed E-state index contributed by atoms with van der Waals surface area (Å²) in [5, 5.41) is 20.5. The van der Waals surface area contributed by atoms with Gasteiger partial charge in [0.15, 0.2) is 6.23 Å². The van der Waals surface area contributed by atoms with Gasteiger partial charge in [0.1, 0.15) is 11.5 Å². The lowest BCUT2D eigenvalue weighted by atomic mass is 9.91. The second kappa shape index (κ2) is 11.6. The summed E-state index contributed by atoms with van der Waals surface area (Å²) in [5.41, 5.74) is 1.09. The third-order valence-electron chi connectivity index (χ3n) is 6.36. The molecule has 4 rings (SSSR count). The molecule has 1 aliphatic rings. The summed E-state index contributed by atoms with van der Waals surface area (Å²) >= 11 is 0. The van der Waals surface area contributed by atoms with Gasteiger partial charge in [-0.2, -0.15) is 0 Å². The van der Waals surface area contributed by atoms with Gasteiger partial charge in [-0.1, -0.05) is 48.5 Å². The van der Waals surface area contributed by atoms with Gasteiger partial charge in [-0.25, -0.2) is 4.79 Å². The first-order chi connectivity index (χ1) is 19.2. The Hall–Kier alpha value is -4.45. The summed E-state index contributed by atoms with van der Waals surface area (Å²) in [6.07, 6.45) is -9.99. The molecule has 12 heteroatoms. The standard InChI is InChI=1S/C29H23F6NO5/c1-17-22(20-6-2-4-8-24(20)40-28(30,31)32)16-23(21-7-3-5-9-25(21)41-29(33,34)35)26(37)36(17)15-14-18-10-12-19(13-11-18)27(38)39/h2-13,16,26,37H,14-15H2,1H3,(H,38,39). The fraction of sp³-hybridized carbons (Fsp3) is 0.207. The molecule has 0 aliphatic carbocycles. The maximum Gasteiger partial charge on any atom is 0.573 e. The van der Waals surface area contributed by atoms with Crippen molar-refractivity contribution in [1.82, 2.24) is 4.90 Å². The second-order valence-corrected chi connectivity index (χ2v) is 9.01. The number of hydrogen-bond acceptors (Lipinski definition) is 5. The third kappa shape index (κ3) is 7.20. The zero-order valence-corrected chi connectivity index (χ0v) is 21.3. The first-order valence-corrected chi connectivity index (χ1v) is 12.1. The minimum Gasteiger partial charge on any atom is -0.478 e. The number of aliphatic hydroxyl groups excluding tert-OH is 1. The Kier molecular flexibility index (Phi) is 8.34. The molecule has 0 saturated heterocycles. The van der Waals surface area contributed by atoms with Crippen molar-refractivity contribution < 1.29 is 50.8 Å². The smallest absolute Gasteiger partial charge is 0.478 e. The van der Waals surface area contributed by atoms with Gasteiger partial charge in [0.05, 0.1) is 5.56 Å². The highest BCUT2D eigenvalue weighted by molar-refractivity contribution is 5.91. The van der Waals surface area contributed by atoms with Crippen LogP contribution in [0.2, 0.25) is 0 Å². The quantitative estimate of drug-likeness (QED) is 0.284. The van der Waals surface area contributed by atoms with E-state index in [1.165, 1.54) is 59.5 Å². The van der Waals surface area contributed by atoms with E-state index >= 15 is 0 Å². The predicted molar refractivity (Wildman–Crippen MR) is 137 cm³/mol. The van der Waals surface area contributed by atoms with Crippen LogP contribution in [-0.4, -0.2) is 46.6 Å². The van der Waals surface area contributed by atoms with Crippen LogP contribution >= 0.6 is 0 Å². The molecule has 0 radical (unpaired) electrons. The van der Waals surface area contributed by atoms with E-state index < -0.39 is 36.4 Å². The minimum atomic E-state index is -5.04. The Morgan fingerprint density at radius 1 is 0.829 bits per heavy atom. The molecule has 216 valence electrons. The molecule has 1 unspecified atom stereocenters. The van der Waals surface area contributed by atoms with E-state index in [0.717, 1.165) is 12.1 Å². The number of aromatic carboxylic acids is 1. The molecule has 0 amide bonds. The molecule has 1 atom stereocenters. The Morgan fingerprint density at radius 3 is 1.88 bits per heavy atom. The summed E-state index contributed by atoms with van der Waals surface area (Å²) < 4.78 is 87.5. The van der Waals surface area contributed by atoms with Crippen LogP contribution in [0.4, 0.5) is 26.3 Å². The summed E-state index contributed by atoms with van der Waals surface area (Å²) in [6.45, 7) is 1.63. The molecular weight excluding hydrogens is 556 g/mol. The summed E-state index contributed by atoms with van der Waals surface area (Å²) in [6, 6.07) is 16.4. The van der Waals surface area contributed by atoms with Crippen LogP contribution in [-0.2, 0) is 6.42 Å². The average molecular weight is 579 g/mol. The summed E-state index contributed by atoms with van der Waals surface area (Å²) in [4.78, 5) is 12.6. The Morgan fingerprint density at radius 2 is 1.34 bits per heavy atom. The number of aliphatic hydroxyl groups is 1. The van der Waals surface area contributed by atoms with Gasteiger partial charge in [-0.15, -0.1) is 26.3 Å². The zero-order valence-electron chi connectivity index (χ0n) is 21.3. The SMILES string of the molecule is CC1=C(c2ccccc2OC(F)(F)F)C=C(c2ccccc2OC(F)(F)F)C(O)N1CCc1ccc(C(=O)O)cc1. The summed E-state index contributed by atoms with van der Waals surface area (Å²) in [7, 11) is 0. The number of carboxylic acids is 1. The monoisotopic (exact) mass is 579 g/mol. The van der Waals surface area contributed by atoms with Crippen molar-refractivity contribution in [2.75, 3.05) is 6.54 Å². The Bertz CT molecular complexity index is 1480. The second-order valence-electron chi connectivity index (χ2n) is 9.01. The van der Waals surface area contributed by atoms with Crippen molar-refractivity contribution in [3.63, 3.8) is 0 Å². The van der Waals surface area contributed by atoms with E-state index in [2.05, 4.69) is 9.47 Å². The van der Waals surface area contributed by atoms with E-state index in [0.29, 0.717) is 11.3 Å². The molecule has 41 heavy (non-hydrogen) atoms. The zero-order chi connectivity index (χ0) is 29.9. The number of alkyl halides is 6. The molecule has 1 aliphatic heterocycles. The van der Waals surface area contributed by atoms with E-state index in [-0.39, 0.29) is 40.8 Å². The number of carbonyl (C=O) groups is 1. The van der Waals surface area contributed by atoms with Gasteiger partial charge in [0.25, 0.3) is 0 Å². The number of halogens is 6. The highest BCUT2D eigenvalue weighted by Gasteiger charge is 2.36. The number of benzene rings is 3. The fourth-order valence-electron chi connectivity index (χ4n) is 4.51. The minimum absolute atomic E-state index is 0.00300. The maximum absolute atomic E-state index is 13.2. The van der Waals surface area contributed by atoms with Gasteiger partial charge < -0.3 is 24.6 Å². The van der Waals surface area contributed by atoms with Crippen LogP contribution in [0, 0.1) is 0 Å². The molecule has 6 nitrogen and oxygen atoms in total. The average Bonchev–Trinajstić information content (AvgIpc) is 2.88. The van der Waals surface area contributed by atoms with Crippen molar-refractivity contribution in [1.29, 1.82) is 0 Å².